The van der Waals surface area contributed by atoms with Crippen LogP contribution >= 0.6 is 23.5 Å². The van der Waals surface area contributed by atoms with Gasteiger partial charge in [0.1, 0.15) is 5.82 Å². The second kappa shape index (κ2) is 9.28. The van der Waals surface area contributed by atoms with E-state index in [1.807, 2.05) is 31.2 Å². The molecule has 8 heteroatoms. The first-order valence-corrected chi connectivity index (χ1v) is 11.8. The number of hydrogen-bond donors (Lipinski definition) is 1. The van der Waals surface area contributed by atoms with Crippen molar-refractivity contribution in [1.82, 2.24) is 14.9 Å². The zero-order valence-corrected chi connectivity index (χ0v) is 18.9. The number of carbonyl (C=O) groups excluding carboxylic acids is 1. The molecule has 1 aliphatic rings. The van der Waals surface area contributed by atoms with Crippen LogP contribution in [0.1, 0.15) is 23.7 Å². The molecule has 3 aromatic rings. The van der Waals surface area contributed by atoms with Gasteiger partial charge in [0.15, 0.2) is 5.16 Å². The van der Waals surface area contributed by atoms with Crippen molar-refractivity contribution in [2.24, 2.45) is 0 Å². The highest BCUT2D eigenvalue weighted by Gasteiger charge is 2.27. The Hall–Kier alpha value is -2.58. The van der Waals surface area contributed by atoms with Crippen molar-refractivity contribution < 1.29 is 9.18 Å². The Labute approximate surface area is 188 Å². The maximum atomic E-state index is 13.3. The van der Waals surface area contributed by atoms with E-state index in [2.05, 4.69) is 12.2 Å². The smallest absolute Gasteiger partial charge is 0.272 e. The summed E-state index contributed by atoms with van der Waals surface area (Å²) in [4.78, 5) is 31.1. The molecule has 0 bridgehead atoms. The molecule has 160 valence electrons. The van der Waals surface area contributed by atoms with E-state index in [0.29, 0.717) is 21.8 Å². The predicted octanol–water partition coefficient (Wildman–Crippen LogP) is 4.13. The van der Waals surface area contributed by atoms with Crippen LogP contribution in [0.4, 0.5) is 4.39 Å². The number of hydrogen-bond acceptors (Lipinski definition) is 5. The van der Waals surface area contributed by atoms with Gasteiger partial charge < -0.3 is 5.32 Å². The van der Waals surface area contributed by atoms with Gasteiger partial charge in [-0.3, -0.25) is 14.2 Å². The number of halogens is 1. The largest absolute Gasteiger partial charge is 0.351 e. The summed E-state index contributed by atoms with van der Waals surface area (Å²) in [7, 11) is 0. The van der Waals surface area contributed by atoms with E-state index < -0.39 is 0 Å². The number of nitrogens with zero attached hydrogens (tertiary/aromatic N) is 2. The number of thioether (sulfide) groups is 2. The number of fused-ring (bicyclic) bond motifs is 1. The summed E-state index contributed by atoms with van der Waals surface area (Å²) < 4.78 is 14.6. The Morgan fingerprint density at radius 2 is 1.94 bits per heavy atom. The lowest BCUT2D eigenvalue weighted by Gasteiger charge is -2.14. The minimum Gasteiger partial charge on any atom is -0.351 e. The third kappa shape index (κ3) is 5.02. The Morgan fingerprint density at radius 3 is 2.65 bits per heavy atom. The van der Waals surface area contributed by atoms with Crippen LogP contribution in [0.25, 0.3) is 5.69 Å². The summed E-state index contributed by atoms with van der Waals surface area (Å²) in [6.07, 6.45) is 0.744. The highest BCUT2D eigenvalue weighted by molar-refractivity contribution is 8.00. The molecule has 5 nitrogen and oxygen atoms in total. The minimum atomic E-state index is -0.310. The van der Waals surface area contributed by atoms with Crippen molar-refractivity contribution >= 4 is 29.4 Å². The van der Waals surface area contributed by atoms with Gasteiger partial charge in [-0.1, -0.05) is 48.5 Å². The number of aromatic nitrogens is 2. The van der Waals surface area contributed by atoms with Gasteiger partial charge in [0.25, 0.3) is 5.56 Å². The molecule has 2 heterocycles. The first-order valence-electron chi connectivity index (χ1n) is 9.94. The highest BCUT2D eigenvalue weighted by Crippen LogP contribution is 2.34. The fourth-order valence-corrected chi connectivity index (χ4v) is 5.26. The normalized spacial score (nSPS) is 15.0. The van der Waals surface area contributed by atoms with E-state index in [0.717, 1.165) is 28.9 Å². The Kier molecular flexibility index (Phi) is 6.48. The van der Waals surface area contributed by atoms with Crippen LogP contribution < -0.4 is 10.9 Å². The molecule has 0 aliphatic carbocycles. The van der Waals surface area contributed by atoms with Crippen molar-refractivity contribution in [3.63, 3.8) is 0 Å². The average molecular weight is 456 g/mol. The van der Waals surface area contributed by atoms with E-state index >= 15 is 0 Å². The van der Waals surface area contributed by atoms with Crippen molar-refractivity contribution in [3.8, 4) is 5.69 Å². The molecule has 0 saturated heterocycles. The second-order valence-electron chi connectivity index (χ2n) is 7.47. The lowest BCUT2D eigenvalue weighted by molar-refractivity contribution is -0.118. The van der Waals surface area contributed by atoms with Crippen LogP contribution in [0.2, 0.25) is 0 Å². The third-order valence-electron chi connectivity index (χ3n) is 4.91. The van der Waals surface area contributed by atoms with Crippen LogP contribution in [0.5, 0.6) is 0 Å². The van der Waals surface area contributed by atoms with Crippen LogP contribution in [0, 0.1) is 12.7 Å². The van der Waals surface area contributed by atoms with E-state index in [4.69, 9.17) is 4.98 Å². The fraction of sp³-hybridized carbons (Fsp3) is 0.261. The first-order chi connectivity index (χ1) is 14.9. The zero-order valence-electron chi connectivity index (χ0n) is 17.2. The number of amides is 1. The summed E-state index contributed by atoms with van der Waals surface area (Å²) in [5, 5.41) is 3.65. The molecule has 1 amide bonds. The molecule has 1 unspecified atom stereocenters. The van der Waals surface area contributed by atoms with Crippen molar-refractivity contribution in [1.29, 1.82) is 0 Å². The molecule has 1 N–H and O–H groups in total. The monoisotopic (exact) mass is 455 g/mol. The topological polar surface area (TPSA) is 64.0 Å². The number of aryl methyl sites for hydroxylation is 1. The van der Waals surface area contributed by atoms with E-state index in [-0.39, 0.29) is 23.0 Å². The van der Waals surface area contributed by atoms with E-state index in [1.54, 1.807) is 28.5 Å². The van der Waals surface area contributed by atoms with Gasteiger partial charge in [0.2, 0.25) is 5.91 Å². The average Bonchev–Trinajstić information content (AvgIpc) is 3.13. The first kappa shape index (κ1) is 21.6. The van der Waals surface area contributed by atoms with Crippen LogP contribution in [-0.2, 0) is 17.8 Å². The summed E-state index contributed by atoms with van der Waals surface area (Å²) in [6.45, 7) is 4.39. The SMILES string of the molecule is Cc1ccc(-n2c(SCC(=O)NCc3ccc(F)cc3)nc3c(c2=O)SC(C)C3)cc1. The Bertz CT molecular complexity index is 1160. The Morgan fingerprint density at radius 1 is 1.23 bits per heavy atom. The van der Waals surface area contributed by atoms with Gasteiger partial charge in [-0.15, -0.1) is 11.8 Å². The van der Waals surface area contributed by atoms with Gasteiger partial charge in [-0.05, 0) is 36.8 Å². The molecule has 0 fully saturated rings. The van der Waals surface area contributed by atoms with Crippen LogP contribution in [0.15, 0.2) is 63.4 Å². The molecule has 0 radical (unpaired) electrons. The number of rotatable bonds is 6. The summed E-state index contributed by atoms with van der Waals surface area (Å²) in [5.41, 5.74) is 3.37. The summed E-state index contributed by atoms with van der Waals surface area (Å²) in [5.74, 6) is -0.363. The third-order valence-corrected chi connectivity index (χ3v) is 7.06. The lowest BCUT2D eigenvalue weighted by Crippen LogP contribution is -2.27. The number of benzene rings is 2. The van der Waals surface area contributed by atoms with Crippen molar-refractivity contribution in [2.45, 2.75) is 42.1 Å². The standard InChI is InChI=1S/C23H22FN3O2S2/c1-14-3-9-18(10-4-14)27-22(29)21-19(11-15(2)31-21)26-23(27)30-13-20(28)25-12-16-5-7-17(24)8-6-16/h3-10,15H,11-13H2,1-2H3,(H,25,28). The summed E-state index contributed by atoms with van der Waals surface area (Å²) >= 11 is 2.80. The minimum absolute atomic E-state index is 0.0857. The van der Waals surface area contributed by atoms with Crippen LogP contribution in [0.3, 0.4) is 0 Å². The van der Waals surface area contributed by atoms with Gasteiger partial charge in [-0.2, -0.15) is 0 Å². The lowest BCUT2D eigenvalue weighted by atomic mass is 10.2. The maximum absolute atomic E-state index is 13.3. The van der Waals surface area contributed by atoms with E-state index in [1.165, 1.54) is 23.9 Å². The number of carbonyl (C=O) groups is 1. The van der Waals surface area contributed by atoms with Gasteiger partial charge in [0, 0.05) is 18.2 Å². The molecule has 1 aromatic heterocycles. The molecule has 0 saturated carbocycles. The second-order valence-corrected chi connectivity index (χ2v) is 9.86. The van der Waals surface area contributed by atoms with Gasteiger partial charge >= 0.3 is 0 Å². The van der Waals surface area contributed by atoms with Gasteiger partial charge in [-0.25, -0.2) is 9.37 Å². The fourth-order valence-electron chi connectivity index (χ4n) is 3.30. The molecular weight excluding hydrogens is 433 g/mol. The molecule has 1 atom stereocenters. The van der Waals surface area contributed by atoms with Gasteiger partial charge in [0.05, 0.1) is 22.0 Å². The molecular formula is C23H22FN3O2S2. The quantitative estimate of drug-likeness (QED) is 0.447. The molecule has 4 rings (SSSR count). The molecule has 0 spiro atoms. The molecule has 2 aromatic carbocycles. The molecule has 1 aliphatic heterocycles. The molecule has 31 heavy (non-hydrogen) atoms. The predicted molar refractivity (Wildman–Crippen MR) is 123 cm³/mol. The zero-order chi connectivity index (χ0) is 22.0. The van der Waals surface area contributed by atoms with Crippen molar-refractivity contribution in [2.75, 3.05) is 5.75 Å². The number of nitrogens with one attached hydrogen (secondary N) is 1. The van der Waals surface area contributed by atoms with E-state index in [9.17, 15) is 14.0 Å². The summed E-state index contributed by atoms with van der Waals surface area (Å²) in [6, 6.07) is 13.7. The van der Waals surface area contributed by atoms with Crippen LogP contribution in [-0.4, -0.2) is 26.5 Å². The van der Waals surface area contributed by atoms with Crippen molar-refractivity contribution in [3.05, 3.63) is 81.5 Å². The Balaban J connectivity index is 1.54. The maximum Gasteiger partial charge on any atom is 0.272 e. The highest BCUT2D eigenvalue weighted by atomic mass is 32.2.